The van der Waals surface area contributed by atoms with Gasteiger partial charge in [-0.3, -0.25) is 9.59 Å². The number of nitrogens with zero attached hydrogens (tertiary/aromatic N) is 2. The lowest BCUT2D eigenvalue weighted by Gasteiger charge is -2.32. The zero-order valence-corrected chi connectivity index (χ0v) is 13.1. The van der Waals surface area contributed by atoms with Gasteiger partial charge in [0.1, 0.15) is 5.69 Å². The Hall–Kier alpha value is -1.47. The largest absolute Gasteiger partial charge is 0.353 e. The molecule has 3 N–H and O–H groups in total. The maximum absolute atomic E-state index is 12.4. The van der Waals surface area contributed by atoms with Crippen molar-refractivity contribution in [3.05, 3.63) is 16.1 Å². The summed E-state index contributed by atoms with van der Waals surface area (Å²) in [7, 11) is 0. The van der Waals surface area contributed by atoms with Crippen molar-refractivity contribution in [1.82, 2.24) is 15.2 Å². The van der Waals surface area contributed by atoms with Gasteiger partial charge in [-0.25, -0.2) is 4.98 Å². The average Bonchev–Trinajstić information content (AvgIpc) is 2.96. The molecule has 0 aromatic carbocycles. The molecule has 2 amide bonds. The number of aromatic nitrogens is 1. The molecule has 0 spiro atoms. The van der Waals surface area contributed by atoms with Gasteiger partial charge in [0.05, 0.1) is 5.01 Å². The second-order valence-electron chi connectivity index (χ2n) is 5.15. The molecule has 2 heterocycles. The van der Waals surface area contributed by atoms with E-state index in [1.165, 1.54) is 11.3 Å². The molecule has 1 aromatic heterocycles. The fraction of sp³-hybridized carbons (Fsp3) is 0.643. The van der Waals surface area contributed by atoms with E-state index in [2.05, 4.69) is 10.3 Å². The second kappa shape index (κ2) is 7.51. The highest BCUT2D eigenvalue weighted by atomic mass is 32.1. The first-order valence-electron chi connectivity index (χ1n) is 7.37. The van der Waals surface area contributed by atoms with Gasteiger partial charge in [-0.15, -0.1) is 11.3 Å². The molecule has 0 radical (unpaired) electrons. The monoisotopic (exact) mass is 310 g/mol. The minimum atomic E-state index is -0.0187. The summed E-state index contributed by atoms with van der Waals surface area (Å²) in [4.78, 5) is 29.9. The quantitative estimate of drug-likeness (QED) is 0.841. The van der Waals surface area contributed by atoms with Crippen LogP contribution >= 0.6 is 11.3 Å². The summed E-state index contributed by atoms with van der Waals surface area (Å²) in [5.41, 5.74) is 6.01. The first-order chi connectivity index (χ1) is 10.1. The highest BCUT2D eigenvalue weighted by Crippen LogP contribution is 2.16. The number of thiazole rings is 1. The Bertz CT molecular complexity index is 495. The molecule has 116 valence electrons. The molecule has 0 saturated carbocycles. The van der Waals surface area contributed by atoms with Crippen molar-refractivity contribution in [2.24, 2.45) is 5.73 Å². The lowest BCUT2D eigenvalue weighted by atomic mass is 10.0. The van der Waals surface area contributed by atoms with E-state index in [4.69, 9.17) is 5.73 Å². The fourth-order valence-corrected chi connectivity index (χ4v) is 3.15. The Morgan fingerprint density at radius 1 is 1.48 bits per heavy atom. The van der Waals surface area contributed by atoms with E-state index < -0.39 is 0 Å². The molecule has 0 aliphatic carbocycles. The summed E-state index contributed by atoms with van der Waals surface area (Å²) in [6, 6.07) is 0.185. The van der Waals surface area contributed by atoms with Crippen molar-refractivity contribution in [3.63, 3.8) is 0 Å². The SMILES string of the molecule is CCC(=O)NC1CCN(C(=O)c2csc(CCN)n2)CC1. The third kappa shape index (κ3) is 4.25. The molecule has 0 atom stereocenters. The van der Waals surface area contributed by atoms with Gasteiger partial charge in [-0.05, 0) is 19.4 Å². The molecular weight excluding hydrogens is 288 g/mol. The molecule has 1 saturated heterocycles. The van der Waals surface area contributed by atoms with Gasteiger partial charge in [0, 0.05) is 37.4 Å². The fourth-order valence-electron chi connectivity index (χ4n) is 2.37. The van der Waals surface area contributed by atoms with E-state index >= 15 is 0 Å². The Kier molecular flexibility index (Phi) is 5.69. The Balaban J connectivity index is 1.86. The van der Waals surface area contributed by atoms with Gasteiger partial charge in [0.15, 0.2) is 0 Å². The normalized spacial score (nSPS) is 16.0. The number of rotatable bonds is 5. The van der Waals surface area contributed by atoms with Crippen molar-refractivity contribution < 1.29 is 9.59 Å². The van der Waals surface area contributed by atoms with E-state index in [-0.39, 0.29) is 17.9 Å². The predicted molar refractivity (Wildman–Crippen MR) is 82.2 cm³/mol. The highest BCUT2D eigenvalue weighted by Gasteiger charge is 2.25. The number of amides is 2. The topological polar surface area (TPSA) is 88.3 Å². The maximum atomic E-state index is 12.4. The van der Waals surface area contributed by atoms with Crippen molar-refractivity contribution >= 4 is 23.2 Å². The summed E-state index contributed by atoms with van der Waals surface area (Å²) < 4.78 is 0. The molecule has 1 aliphatic heterocycles. The number of likely N-dealkylation sites (tertiary alicyclic amines) is 1. The third-order valence-corrected chi connectivity index (χ3v) is 4.51. The van der Waals surface area contributed by atoms with Crippen LogP contribution in [0.1, 0.15) is 41.7 Å². The van der Waals surface area contributed by atoms with Crippen LogP contribution in [0.25, 0.3) is 0 Å². The minimum Gasteiger partial charge on any atom is -0.353 e. The first kappa shape index (κ1) is 15.9. The molecule has 1 fully saturated rings. The Morgan fingerprint density at radius 3 is 2.81 bits per heavy atom. The molecule has 2 rings (SSSR count). The standard InChI is InChI=1S/C14H22N4O2S/c1-2-12(19)16-10-4-7-18(8-5-10)14(20)11-9-21-13(17-11)3-6-15/h9-10H,2-8,15H2,1H3,(H,16,19). The van der Waals surface area contributed by atoms with Gasteiger partial charge in [0.25, 0.3) is 5.91 Å². The molecule has 21 heavy (non-hydrogen) atoms. The zero-order chi connectivity index (χ0) is 15.2. The highest BCUT2D eigenvalue weighted by molar-refractivity contribution is 7.09. The van der Waals surface area contributed by atoms with Crippen LogP contribution in [0, 0.1) is 0 Å². The lowest BCUT2D eigenvalue weighted by molar-refractivity contribution is -0.121. The van der Waals surface area contributed by atoms with Crippen LogP contribution in [0.2, 0.25) is 0 Å². The average molecular weight is 310 g/mol. The molecule has 7 heteroatoms. The summed E-state index contributed by atoms with van der Waals surface area (Å²) in [5.74, 6) is 0.0560. The van der Waals surface area contributed by atoms with Crippen molar-refractivity contribution in [2.45, 2.75) is 38.6 Å². The van der Waals surface area contributed by atoms with Crippen LogP contribution < -0.4 is 11.1 Å². The summed E-state index contributed by atoms with van der Waals surface area (Å²) in [6.07, 6.45) is 2.82. The van der Waals surface area contributed by atoms with Crippen LogP contribution in [-0.4, -0.2) is 47.4 Å². The molecular formula is C14H22N4O2S. The second-order valence-corrected chi connectivity index (χ2v) is 6.10. The van der Waals surface area contributed by atoms with E-state index in [0.717, 1.165) is 17.8 Å². The van der Waals surface area contributed by atoms with Gasteiger partial charge in [0.2, 0.25) is 5.91 Å². The number of carbonyl (C=O) groups excluding carboxylic acids is 2. The summed E-state index contributed by atoms with van der Waals surface area (Å²) in [5, 5.41) is 5.70. The number of nitrogens with two attached hydrogens (primary N) is 1. The number of nitrogens with one attached hydrogen (secondary N) is 1. The van der Waals surface area contributed by atoms with E-state index in [1.54, 1.807) is 5.38 Å². The van der Waals surface area contributed by atoms with Gasteiger partial charge >= 0.3 is 0 Å². The van der Waals surface area contributed by atoms with Gasteiger partial charge in [-0.1, -0.05) is 6.92 Å². The smallest absolute Gasteiger partial charge is 0.273 e. The first-order valence-corrected chi connectivity index (χ1v) is 8.25. The summed E-state index contributed by atoms with van der Waals surface area (Å²) in [6.45, 7) is 3.72. The molecule has 0 unspecified atom stereocenters. The molecule has 1 aliphatic rings. The van der Waals surface area contributed by atoms with Gasteiger partial charge in [-0.2, -0.15) is 0 Å². The zero-order valence-electron chi connectivity index (χ0n) is 12.3. The lowest BCUT2D eigenvalue weighted by Crippen LogP contribution is -2.46. The number of carbonyl (C=O) groups is 2. The number of hydrogen-bond donors (Lipinski definition) is 2. The van der Waals surface area contributed by atoms with Crippen LogP contribution in [0.15, 0.2) is 5.38 Å². The van der Waals surface area contributed by atoms with E-state index in [1.807, 2.05) is 11.8 Å². The third-order valence-electron chi connectivity index (χ3n) is 3.60. The molecule has 1 aromatic rings. The molecule has 0 bridgehead atoms. The minimum absolute atomic E-state index is 0.0187. The van der Waals surface area contributed by atoms with Crippen molar-refractivity contribution in [2.75, 3.05) is 19.6 Å². The van der Waals surface area contributed by atoms with E-state index in [0.29, 0.717) is 38.2 Å². The predicted octanol–water partition coefficient (Wildman–Crippen LogP) is 0.775. The number of piperidine rings is 1. The Labute approximate surface area is 128 Å². The van der Waals surface area contributed by atoms with Crippen LogP contribution in [0.3, 0.4) is 0 Å². The number of hydrogen-bond acceptors (Lipinski definition) is 5. The molecule has 6 nitrogen and oxygen atoms in total. The van der Waals surface area contributed by atoms with Crippen LogP contribution in [0.5, 0.6) is 0 Å². The van der Waals surface area contributed by atoms with E-state index in [9.17, 15) is 9.59 Å². The summed E-state index contributed by atoms with van der Waals surface area (Å²) >= 11 is 1.48. The Morgan fingerprint density at radius 2 is 2.19 bits per heavy atom. The van der Waals surface area contributed by atoms with Crippen molar-refractivity contribution in [3.8, 4) is 0 Å². The van der Waals surface area contributed by atoms with Crippen LogP contribution in [0.4, 0.5) is 0 Å². The maximum Gasteiger partial charge on any atom is 0.273 e. The van der Waals surface area contributed by atoms with Gasteiger partial charge < -0.3 is 16.0 Å². The van der Waals surface area contributed by atoms with Crippen molar-refractivity contribution in [1.29, 1.82) is 0 Å². The van der Waals surface area contributed by atoms with Crippen LogP contribution in [-0.2, 0) is 11.2 Å².